The smallest absolute Gasteiger partial charge is 0.335 e. The molecule has 0 aliphatic heterocycles. The molecule has 0 bridgehead atoms. The van der Waals surface area contributed by atoms with Gasteiger partial charge < -0.3 is 5.11 Å². The molecular weight excluding hydrogens is 342 g/mol. The van der Waals surface area contributed by atoms with Crippen LogP contribution in [-0.4, -0.2) is 20.9 Å². The number of aromatic hydroxyl groups is 1. The first-order chi connectivity index (χ1) is 12.0. The third-order valence-electron chi connectivity index (χ3n) is 3.66. The highest BCUT2D eigenvalue weighted by Crippen LogP contribution is 2.24. The van der Waals surface area contributed by atoms with E-state index in [1.165, 1.54) is 6.21 Å². The highest BCUT2D eigenvalue weighted by atomic mass is 35.5. The van der Waals surface area contributed by atoms with Crippen LogP contribution in [0.1, 0.15) is 11.1 Å². The van der Waals surface area contributed by atoms with Gasteiger partial charge in [-0.3, -0.25) is 14.8 Å². The number of aromatic amines is 1. The molecule has 3 rings (SSSR count). The van der Waals surface area contributed by atoms with E-state index in [-0.39, 0.29) is 5.56 Å². The van der Waals surface area contributed by atoms with Crippen molar-refractivity contribution in [3.8, 4) is 11.6 Å². The van der Waals surface area contributed by atoms with Gasteiger partial charge in [0.25, 0.3) is 5.56 Å². The number of hydrogen-bond acceptors (Lipinski definition) is 4. The van der Waals surface area contributed by atoms with E-state index in [9.17, 15) is 14.7 Å². The van der Waals surface area contributed by atoms with Crippen LogP contribution in [0, 0.1) is 6.92 Å². The third kappa shape index (κ3) is 3.25. The number of nitrogens with zero attached hydrogens (tertiary/aromatic N) is 2. The predicted molar refractivity (Wildman–Crippen MR) is 97.8 cm³/mol. The fourth-order valence-electron chi connectivity index (χ4n) is 2.38. The van der Waals surface area contributed by atoms with Gasteiger partial charge in [-0.25, -0.2) is 9.36 Å². The maximum Gasteiger partial charge on any atom is 0.335 e. The molecule has 3 aromatic rings. The van der Waals surface area contributed by atoms with E-state index in [1.807, 2.05) is 6.07 Å². The molecule has 0 unspecified atom stereocenters. The van der Waals surface area contributed by atoms with Crippen LogP contribution in [0.15, 0.2) is 63.1 Å². The summed E-state index contributed by atoms with van der Waals surface area (Å²) in [7, 11) is 0. The van der Waals surface area contributed by atoms with E-state index in [4.69, 9.17) is 11.6 Å². The minimum absolute atomic E-state index is 0.136. The Hall–Kier alpha value is -3.12. The summed E-state index contributed by atoms with van der Waals surface area (Å²) in [6.45, 7) is 1.80. The molecule has 1 aromatic heterocycles. The molecule has 1 heterocycles. The first-order valence-electron chi connectivity index (χ1n) is 7.42. The molecule has 0 aliphatic rings. The van der Waals surface area contributed by atoms with Gasteiger partial charge >= 0.3 is 5.69 Å². The zero-order chi connectivity index (χ0) is 18.0. The second-order valence-corrected chi connectivity index (χ2v) is 5.74. The molecule has 0 fully saturated rings. The number of benzene rings is 2. The van der Waals surface area contributed by atoms with Crippen LogP contribution < -0.4 is 11.2 Å². The minimum atomic E-state index is -0.733. The molecule has 2 aromatic carbocycles. The summed E-state index contributed by atoms with van der Waals surface area (Å²) in [6.07, 6.45) is 1.18. The van der Waals surface area contributed by atoms with Gasteiger partial charge in [-0.2, -0.15) is 0 Å². The van der Waals surface area contributed by atoms with Crippen molar-refractivity contribution in [3.63, 3.8) is 0 Å². The zero-order valence-electron chi connectivity index (χ0n) is 13.2. The van der Waals surface area contributed by atoms with Crippen LogP contribution in [0.2, 0.25) is 5.02 Å². The summed E-state index contributed by atoms with van der Waals surface area (Å²) in [6, 6.07) is 13.8. The van der Waals surface area contributed by atoms with Crippen LogP contribution in [-0.2, 0) is 0 Å². The van der Waals surface area contributed by atoms with Crippen LogP contribution >= 0.6 is 11.6 Å². The van der Waals surface area contributed by atoms with Gasteiger partial charge in [-0.05, 0) is 30.7 Å². The quantitative estimate of drug-likeness (QED) is 0.708. The van der Waals surface area contributed by atoms with Crippen LogP contribution in [0.5, 0.6) is 5.88 Å². The number of aryl methyl sites for hydroxylation is 1. The van der Waals surface area contributed by atoms with Gasteiger partial charge in [0.05, 0.1) is 16.4 Å². The molecule has 0 aliphatic carbocycles. The van der Waals surface area contributed by atoms with E-state index >= 15 is 0 Å². The van der Waals surface area contributed by atoms with Crippen molar-refractivity contribution in [1.29, 1.82) is 0 Å². The Kier molecular flexibility index (Phi) is 4.54. The summed E-state index contributed by atoms with van der Waals surface area (Å²) < 4.78 is 1.03. The van der Waals surface area contributed by atoms with Gasteiger partial charge in [0, 0.05) is 6.21 Å². The fourth-order valence-corrected chi connectivity index (χ4v) is 2.57. The lowest BCUT2D eigenvalue weighted by atomic mass is 10.2. The van der Waals surface area contributed by atoms with Crippen molar-refractivity contribution in [1.82, 2.24) is 9.55 Å². The molecule has 0 saturated carbocycles. The summed E-state index contributed by atoms with van der Waals surface area (Å²) in [5, 5.41) is 10.9. The van der Waals surface area contributed by atoms with Gasteiger partial charge in [0.1, 0.15) is 5.56 Å². The number of aromatic nitrogens is 2. The van der Waals surface area contributed by atoms with Gasteiger partial charge in [0.2, 0.25) is 5.88 Å². The Morgan fingerprint density at radius 2 is 1.80 bits per heavy atom. The standard InChI is InChI=1S/C18H14ClN3O3/c1-11-6-2-5-9-15(11)22-17(24)12(16(23)21-18(22)25)10-20-14-8-4-3-7-13(14)19/h2-10,24H,1H3,(H,21,23,25). The van der Waals surface area contributed by atoms with Crippen molar-refractivity contribution in [2.45, 2.75) is 6.92 Å². The van der Waals surface area contributed by atoms with Crippen molar-refractivity contribution < 1.29 is 5.11 Å². The SMILES string of the molecule is Cc1ccccc1-n1c(O)c(C=Nc2ccccc2Cl)c(=O)[nH]c1=O. The van der Waals surface area contributed by atoms with E-state index in [1.54, 1.807) is 49.4 Å². The summed E-state index contributed by atoms with van der Waals surface area (Å²) in [5.74, 6) is -0.487. The minimum Gasteiger partial charge on any atom is -0.493 e. The highest BCUT2D eigenvalue weighted by molar-refractivity contribution is 6.33. The molecule has 126 valence electrons. The normalized spacial score (nSPS) is 11.1. The van der Waals surface area contributed by atoms with Crippen LogP contribution in [0.4, 0.5) is 5.69 Å². The molecule has 2 N–H and O–H groups in total. The molecule has 6 nitrogen and oxygen atoms in total. The fraction of sp³-hybridized carbons (Fsp3) is 0.0556. The molecular formula is C18H14ClN3O3. The molecule has 0 radical (unpaired) electrons. The molecule has 25 heavy (non-hydrogen) atoms. The number of halogens is 1. The first kappa shape index (κ1) is 16.7. The number of H-pyrrole nitrogens is 1. The number of hydrogen-bond donors (Lipinski definition) is 2. The average Bonchev–Trinajstić information content (AvgIpc) is 2.57. The number of rotatable bonds is 3. The molecule has 0 amide bonds. The largest absolute Gasteiger partial charge is 0.493 e. The van der Waals surface area contributed by atoms with Crippen molar-refractivity contribution in [2.75, 3.05) is 0 Å². The lowest BCUT2D eigenvalue weighted by molar-refractivity contribution is 0.430. The lowest BCUT2D eigenvalue weighted by Crippen LogP contribution is -2.31. The highest BCUT2D eigenvalue weighted by Gasteiger charge is 2.15. The summed E-state index contributed by atoms with van der Waals surface area (Å²) >= 11 is 6.03. The maximum atomic E-state index is 12.2. The van der Waals surface area contributed by atoms with Crippen molar-refractivity contribution in [2.24, 2.45) is 4.99 Å². The van der Waals surface area contributed by atoms with Gasteiger partial charge in [0.15, 0.2) is 0 Å². The second kappa shape index (κ2) is 6.78. The Bertz CT molecular complexity index is 1080. The van der Waals surface area contributed by atoms with E-state index < -0.39 is 17.1 Å². The number of nitrogens with one attached hydrogen (secondary N) is 1. The van der Waals surface area contributed by atoms with Crippen molar-refractivity contribution >= 4 is 23.5 Å². The third-order valence-corrected chi connectivity index (χ3v) is 3.98. The van der Waals surface area contributed by atoms with E-state index in [0.717, 1.165) is 10.1 Å². The number of aliphatic imine (C=N–C) groups is 1. The van der Waals surface area contributed by atoms with E-state index in [2.05, 4.69) is 9.98 Å². The molecule has 0 atom stereocenters. The van der Waals surface area contributed by atoms with Crippen LogP contribution in [0.3, 0.4) is 0 Å². The number of para-hydroxylation sites is 2. The van der Waals surface area contributed by atoms with Gasteiger partial charge in [-0.15, -0.1) is 0 Å². The first-order valence-corrected chi connectivity index (χ1v) is 7.79. The monoisotopic (exact) mass is 355 g/mol. The summed E-state index contributed by atoms with van der Waals surface area (Å²) in [4.78, 5) is 30.6. The Labute approximate surface area is 147 Å². The second-order valence-electron chi connectivity index (χ2n) is 5.33. The Balaban J connectivity index is 2.18. The summed E-state index contributed by atoms with van der Waals surface area (Å²) in [5.41, 5.74) is 0.0730. The topological polar surface area (TPSA) is 87.4 Å². The zero-order valence-corrected chi connectivity index (χ0v) is 14.0. The molecule has 0 saturated heterocycles. The van der Waals surface area contributed by atoms with E-state index in [0.29, 0.717) is 16.4 Å². The Morgan fingerprint density at radius 3 is 2.52 bits per heavy atom. The van der Waals surface area contributed by atoms with Crippen LogP contribution in [0.25, 0.3) is 5.69 Å². The maximum absolute atomic E-state index is 12.2. The van der Waals surface area contributed by atoms with Gasteiger partial charge in [-0.1, -0.05) is 41.9 Å². The average molecular weight is 356 g/mol. The Morgan fingerprint density at radius 1 is 1.12 bits per heavy atom. The molecule has 0 spiro atoms. The van der Waals surface area contributed by atoms with Crippen molar-refractivity contribution in [3.05, 3.63) is 85.5 Å². The predicted octanol–water partition coefficient (Wildman–Crippen LogP) is 2.94. The lowest BCUT2D eigenvalue weighted by Gasteiger charge is -2.11. The molecule has 7 heteroatoms.